The Hall–Kier alpha value is -1.45. The van der Waals surface area contributed by atoms with Crippen LogP contribution in [0.1, 0.15) is 26.1 Å². The fourth-order valence-corrected chi connectivity index (χ4v) is 2.15. The summed E-state index contributed by atoms with van der Waals surface area (Å²) in [5.41, 5.74) is 0. The topological polar surface area (TPSA) is 119 Å². The lowest BCUT2D eigenvalue weighted by Crippen LogP contribution is -2.19. The number of anilines is 2. The van der Waals surface area contributed by atoms with Crippen molar-refractivity contribution in [3.05, 3.63) is 11.9 Å². The smallest absolute Gasteiger partial charge is 0.209 e. The molecule has 0 aliphatic carbocycles. The molecule has 1 aromatic heterocycles. The largest absolute Gasteiger partial charge is 0.374 e. The molecule has 0 radical (unpaired) electrons. The Morgan fingerprint density at radius 3 is 2.48 bits per heavy atom. The average molecular weight is 317 g/mol. The summed E-state index contributed by atoms with van der Waals surface area (Å²) in [7, 11) is -3.42. The SMILES string of the molecule is CCNc1cc(NCCCS(N)(=O)=O)nc(COCC)n1. The lowest BCUT2D eigenvalue weighted by atomic mass is 10.4. The van der Waals surface area contributed by atoms with Crippen LogP contribution in [0.4, 0.5) is 11.6 Å². The third-order valence-corrected chi connectivity index (χ3v) is 3.34. The highest BCUT2D eigenvalue weighted by Crippen LogP contribution is 2.12. The molecule has 0 bridgehead atoms. The second-order valence-electron chi connectivity index (χ2n) is 4.37. The molecule has 0 unspecified atom stereocenters. The summed E-state index contributed by atoms with van der Waals surface area (Å²) in [4.78, 5) is 8.64. The van der Waals surface area contributed by atoms with Crippen molar-refractivity contribution in [2.75, 3.05) is 36.1 Å². The number of ether oxygens (including phenoxy) is 1. The number of nitrogens with two attached hydrogens (primary N) is 1. The highest BCUT2D eigenvalue weighted by molar-refractivity contribution is 7.89. The van der Waals surface area contributed by atoms with Gasteiger partial charge in [-0.25, -0.2) is 23.5 Å². The van der Waals surface area contributed by atoms with E-state index in [0.29, 0.717) is 43.6 Å². The minimum atomic E-state index is -3.42. The second-order valence-corrected chi connectivity index (χ2v) is 6.10. The van der Waals surface area contributed by atoms with Crippen molar-refractivity contribution < 1.29 is 13.2 Å². The van der Waals surface area contributed by atoms with Crippen LogP contribution in [0.25, 0.3) is 0 Å². The first-order valence-electron chi connectivity index (χ1n) is 6.88. The van der Waals surface area contributed by atoms with Crippen LogP contribution in [0.5, 0.6) is 0 Å². The summed E-state index contributed by atoms with van der Waals surface area (Å²) in [6, 6.07) is 1.77. The molecule has 0 amide bonds. The first-order chi connectivity index (χ1) is 9.94. The van der Waals surface area contributed by atoms with Crippen LogP contribution in [-0.4, -0.2) is 43.8 Å². The number of hydrogen-bond acceptors (Lipinski definition) is 7. The van der Waals surface area contributed by atoms with Crippen LogP contribution >= 0.6 is 0 Å². The Balaban J connectivity index is 2.64. The fourth-order valence-electron chi connectivity index (χ4n) is 1.61. The van der Waals surface area contributed by atoms with Crippen LogP contribution in [0.15, 0.2) is 6.07 Å². The van der Waals surface area contributed by atoms with E-state index in [-0.39, 0.29) is 5.75 Å². The van der Waals surface area contributed by atoms with Gasteiger partial charge < -0.3 is 15.4 Å². The van der Waals surface area contributed by atoms with Crippen molar-refractivity contribution in [1.82, 2.24) is 9.97 Å². The van der Waals surface area contributed by atoms with Gasteiger partial charge in [0.15, 0.2) is 5.82 Å². The molecule has 0 aliphatic heterocycles. The molecule has 0 aliphatic rings. The van der Waals surface area contributed by atoms with Crippen molar-refractivity contribution in [2.45, 2.75) is 26.9 Å². The summed E-state index contributed by atoms with van der Waals surface area (Å²) in [5, 5.41) is 11.1. The minimum Gasteiger partial charge on any atom is -0.374 e. The Bertz CT molecular complexity index is 536. The number of rotatable bonds is 10. The van der Waals surface area contributed by atoms with Crippen LogP contribution in [0.3, 0.4) is 0 Å². The minimum absolute atomic E-state index is 0.0586. The maximum absolute atomic E-state index is 10.9. The third kappa shape index (κ3) is 7.78. The maximum atomic E-state index is 10.9. The predicted octanol–water partition coefficient (Wildman–Crippen LogP) is 0.535. The van der Waals surface area contributed by atoms with Crippen molar-refractivity contribution in [2.24, 2.45) is 5.14 Å². The van der Waals surface area contributed by atoms with Gasteiger partial charge >= 0.3 is 0 Å². The molecule has 0 atom stereocenters. The lowest BCUT2D eigenvalue weighted by molar-refractivity contribution is 0.128. The summed E-state index contributed by atoms with van der Waals surface area (Å²) in [5.74, 6) is 1.85. The van der Waals surface area contributed by atoms with Gasteiger partial charge in [0.05, 0.1) is 5.75 Å². The van der Waals surface area contributed by atoms with Crippen LogP contribution in [0.2, 0.25) is 0 Å². The fraction of sp³-hybridized carbons (Fsp3) is 0.667. The molecular formula is C12H23N5O3S. The summed E-state index contributed by atoms with van der Waals surface area (Å²) >= 11 is 0. The standard InChI is InChI=1S/C12H23N5O3S/c1-3-14-10-8-11(15-6-5-7-21(13,18)19)17-12(16-10)9-20-4-2/h8H,3-7,9H2,1-2H3,(H2,13,18,19)(H2,14,15,16,17). The summed E-state index contributed by atoms with van der Waals surface area (Å²) in [6.07, 6.45) is 0.417. The molecule has 8 nitrogen and oxygen atoms in total. The van der Waals surface area contributed by atoms with Crippen molar-refractivity contribution >= 4 is 21.7 Å². The zero-order chi connectivity index (χ0) is 15.7. The third-order valence-electron chi connectivity index (χ3n) is 2.48. The molecule has 1 heterocycles. The summed E-state index contributed by atoms with van der Waals surface area (Å²) < 4.78 is 27.0. The van der Waals surface area contributed by atoms with Gasteiger partial charge in [-0.3, -0.25) is 0 Å². The van der Waals surface area contributed by atoms with Crippen molar-refractivity contribution in [3.63, 3.8) is 0 Å². The highest BCUT2D eigenvalue weighted by Gasteiger charge is 2.06. The predicted molar refractivity (Wildman–Crippen MR) is 82.6 cm³/mol. The molecular weight excluding hydrogens is 294 g/mol. The van der Waals surface area contributed by atoms with Gasteiger partial charge in [-0.15, -0.1) is 0 Å². The van der Waals surface area contributed by atoms with Crippen LogP contribution in [0, 0.1) is 0 Å². The van der Waals surface area contributed by atoms with Gasteiger partial charge in [-0.05, 0) is 20.3 Å². The lowest BCUT2D eigenvalue weighted by Gasteiger charge is -2.10. The summed E-state index contributed by atoms with van der Waals surface area (Å²) in [6.45, 7) is 6.01. The quantitative estimate of drug-likeness (QED) is 0.539. The zero-order valence-electron chi connectivity index (χ0n) is 12.4. The van der Waals surface area contributed by atoms with E-state index < -0.39 is 10.0 Å². The Morgan fingerprint density at radius 1 is 1.24 bits per heavy atom. The maximum Gasteiger partial charge on any atom is 0.209 e. The molecule has 0 fully saturated rings. The Labute approximate surface area is 125 Å². The molecule has 120 valence electrons. The number of nitrogens with zero attached hydrogens (tertiary/aromatic N) is 2. The van der Waals surface area contributed by atoms with Gasteiger partial charge in [0.1, 0.15) is 18.2 Å². The highest BCUT2D eigenvalue weighted by atomic mass is 32.2. The van der Waals surface area contributed by atoms with E-state index in [1.54, 1.807) is 6.07 Å². The van der Waals surface area contributed by atoms with E-state index in [1.165, 1.54) is 0 Å². The molecule has 0 saturated carbocycles. The Morgan fingerprint density at radius 2 is 1.90 bits per heavy atom. The van der Waals surface area contributed by atoms with E-state index in [4.69, 9.17) is 9.88 Å². The number of aromatic nitrogens is 2. The Kier molecular flexibility index (Phi) is 7.34. The molecule has 1 rings (SSSR count). The van der Waals surface area contributed by atoms with Crippen molar-refractivity contribution in [1.29, 1.82) is 0 Å². The van der Waals surface area contributed by atoms with E-state index in [9.17, 15) is 8.42 Å². The van der Waals surface area contributed by atoms with Crippen molar-refractivity contribution in [3.8, 4) is 0 Å². The molecule has 9 heteroatoms. The van der Waals surface area contributed by atoms with Gasteiger partial charge in [0.2, 0.25) is 10.0 Å². The number of hydrogen-bond donors (Lipinski definition) is 3. The number of nitrogens with one attached hydrogen (secondary N) is 2. The molecule has 21 heavy (non-hydrogen) atoms. The molecule has 0 aromatic carbocycles. The first kappa shape index (κ1) is 17.6. The number of sulfonamides is 1. The molecule has 1 aromatic rings. The van der Waals surface area contributed by atoms with Crippen LogP contribution < -0.4 is 15.8 Å². The van der Waals surface area contributed by atoms with E-state index in [1.807, 2.05) is 13.8 Å². The average Bonchev–Trinajstić information content (AvgIpc) is 2.41. The normalized spacial score (nSPS) is 11.4. The number of primary sulfonamides is 1. The second kappa shape index (κ2) is 8.75. The van der Waals surface area contributed by atoms with Gasteiger partial charge in [-0.1, -0.05) is 0 Å². The molecule has 0 saturated heterocycles. The van der Waals surface area contributed by atoms with Gasteiger partial charge in [0.25, 0.3) is 0 Å². The van der Waals surface area contributed by atoms with E-state index in [2.05, 4.69) is 20.6 Å². The van der Waals surface area contributed by atoms with Gasteiger partial charge in [0, 0.05) is 25.8 Å². The zero-order valence-corrected chi connectivity index (χ0v) is 13.2. The van der Waals surface area contributed by atoms with E-state index in [0.717, 1.165) is 6.54 Å². The molecule has 0 spiro atoms. The first-order valence-corrected chi connectivity index (χ1v) is 8.60. The van der Waals surface area contributed by atoms with E-state index >= 15 is 0 Å². The van der Waals surface area contributed by atoms with Crippen LogP contribution in [-0.2, 0) is 21.4 Å². The monoisotopic (exact) mass is 317 g/mol. The van der Waals surface area contributed by atoms with Gasteiger partial charge in [-0.2, -0.15) is 0 Å². The molecule has 4 N–H and O–H groups in total.